The Labute approximate surface area is 127 Å². The number of para-hydroxylation sites is 1. The Morgan fingerprint density at radius 3 is 2.27 bits per heavy atom. The normalized spacial score (nSPS) is 11.3. The van der Waals surface area contributed by atoms with Crippen molar-refractivity contribution in [1.29, 1.82) is 0 Å². The Hall–Kier alpha value is -2.81. The molecule has 3 heteroatoms. The average Bonchev–Trinajstić information content (AvgIpc) is 2.97. The predicted octanol–water partition coefficient (Wildman–Crippen LogP) is 4.10. The highest BCUT2D eigenvalue weighted by Crippen LogP contribution is 2.23. The van der Waals surface area contributed by atoms with Gasteiger partial charge in [-0.1, -0.05) is 36.4 Å². The highest BCUT2D eigenvalue weighted by molar-refractivity contribution is 6.05. The Bertz CT molecular complexity index is 1040. The van der Waals surface area contributed by atoms with Gasteiger partial charge in [0.1, 0.15) is 11.5 Å². The van der Waals surface area contributed by atoms with E-state index in [2.05, 4.69) is 6.07 Å². The van der Waals surface area contributed by atoms with E-state index in [0.29, 0.717) is 6.54 Å². The van der Waals surface area contributed by atoms with E-state index >= 15 is 0 Å². The molecule has 0 saturated carbocycles. The van der Waals surface area contributed by atoms with Crippen molar-refractivity contribution in [3.63, 3.8) is 0 Å². The summed E-state index contributed by atoms with van der Waals surface area (Å²) in [5.74, 6) is 1.65. The summed E-state index contributed by atoms with van der Waals surface area (Å²) in [6.07, 6.45) is 0. The molecule has 0 aliphatic rings. The summed E-state index contributed by atoms with van der Waals surface area (Å²) in [4.78, 5) is 12.9. The first-order chi connectivity index (χ1) is 10.7. The van der Waals surface area contributed by atoms with Crippen LogP contribution in [0, 0.1) is 6.92 Å². The number of benzene rings is 2. The highest BCUT2D eigenvalue weighted by Gasteiger charge is 2.11. The molecule has 3 nitrogen and oxygen atoms in total. The van der Waals surface area contributed by atoms with Crippen LogP contribution in [0.25, 0.3) is 21.7 Å². The van der Waals surface area contributed by atoms with Gasteiger partial charge in [0.15, 0.2) is 0 Å². The van der Waals surface area contributed by atoms with Crippen molar-refractivity contribution < 1.29 is 4.42 Å². The summed E-state index contributed by atoms with van der Waals surface area (Å²) in [5.41, 5.74) is 0.948. The lowest BCUT2D eigenvalue weighted by atomic mass is 10.1. The number of nitrogens with zero attached hydrogens (tertiary/aromatic N) is 1. The third-order valence-corrected chi connectivity index (χ3v) is 4.00. The number of hydrogen-bond acceptors (Lipinski definition) is 2. The summed E-state index contributed by atoms with van der Waals surface area (Å²) < 4.78 is 7.43. The number of furan rings is 1. The number of aryl methyl sites for hydroxylation is 1. The summed E-state index contributed by atoms with van der Waals surface area (Å²) >= 11 is 0. The fraction of sp³-hybridized carbons (Fsp3) is 0.105. The third kappa shape index (κ3) is 1.94. The summed E-state index contributed by atoms with van der Waals surface area (Å²) in [6, 6.07) is 19.6. The molecule has 0 spiro atoms. The van der Waals surface area contributed by atoms with Crippen LogP contribution in [0.15, 0.2) is 69.9 Å². The molecule has 0 amide bonds. The van der Waals surface area contributed by atoms with Gasteiger partial charge in [-0.2, -0.15) is 0 Å². The molecule has 4 rings (SSSR count). The van der Waals surface area contributed by atoms with Gasteiger partial charge in [0, 0.05) is 10.8 Å². The van der Waals surface area contributed by atoms with Gasteiger partial charge in [-0.05, 0) is 36.6 Å². The van der Waals surface area contributed by atoms with E-state index in [9.17, 15) is 4.79 Å². The molecule has 0 radical (unpaired) electrons. The van der Waals surface area contributed by atoms with Crippen LogP contribution in [0.3, 0.4) is 0 Å². The number of hydrogen-bond donors (Lipinski definition) is 0. The lowest BCUT2D eigenvalue weighted by Crippen LogP contribution is -2.21. The molecule has 0 N–H and O–H groups in total. The van der Waals surface area contributed by atoms with E-state index in [1.54, 1.807) is 4.57 Å². The molecule has 2 heterocycles. The quantitative estimate of drug-likeness (QED) is 0.521. The van der Waals surface area contributed by atoms with Gasteiger partial charge in [0.25, 0.3) is 5.56 Å². The zero-order valence-corrected chi connectivity index (χ0v) is 12.2. The van der Waals surface area contributed by atoms with E-state index in [-0.39, 0.29) is 5.56 Å². The molecule has 0 aliphatic carbocycles. The van der Waals surface area contributed by atoms with E-state index in [1.165, 1.54) is 0 Å². The van der Waals surface area contributed by atoms with E-state index in [0.717, 1.165) is 33.2 Å². The van der Waals surface area contributed by atoms with Crippen molar-refractivity contribution in [2.24, 2.45) is 0 Å². The fourth-order valence-corrected chi connectivity index (χ4v) is 2.98. The van der Waals surface area contributed by atoms with Crippen molar-refractivity contribution in [2.75, 3.05) is 0 Å². The van der Waals surface area contributed by atoms with Crippen LogP contribution in [-0.2, 0) is 6.54 Å². The molecule has 0 aliphatic heterocycles. The van der Waals surface area contributed by atoms with Crippen LogP contribution in [0.5, 0.6) is 0 Å². The van der Waals surface area contributed by atoms with Crippen molar-refractivity contribution in [3.8, 4) is 0 Å². The van der Waals surface area contributed by atoms with Crippen LogP contribution in [-0.4, -0.2) is 4.57 Å². The SMILES string of the molecule is Cc1ccc(Cn2c(=O)c3ccccc3c3ccccc32)o1. The van der Waals surface area contributed by atoms with Crippen LogP contribution in [0.2, 0.25) is 0 Å². The maximum atomic E-state index is 12.9. The molecule has 2 aromatic carbocycles. The van der Waals surface area contributed by atoms with Crippen LogP contribution >= 0.6 is 0 Å². The Morgan fingerprint density at radius 2 is 1.55 bits per heavy atom. The topological polar surface area (TPSA) is 35.1 Å². The highest BCUT2D eigenvalue weighted by atomic mass is 16.3. The minimum absolute atomic E-state index is 0.0170. The number of fused-ring (bicyclic) bond motifs is 3. The number of aromatic nitrogens is 1. The standard InChI is InChI=1S/C19H15NO2/c1-13-10-11-14(22-13)12-20-18-9-5-4-7-16(18)15-6-2-3-8-17(15)19(20)21/h2-11H,12H2,1H3. The molecule has 0 saturated heterocycles. The molecule has 0 unspecified atom stereocenters. The van der Waals surface area contributed by atoms with Crippen molar-refractivity contribution in [2.45, 2.75) is 13.5 Å². The molecule has 0 bridgehead atoms. The number of rotatable bonds is 2. The maximum absolute atomic E-state index is 12.9. The Morgan fingerprint density at radius 1 is 0.864 bits per heavy atom. The van der Waals surface area contributed by atoms with Gasteiger partial charge < -0.3 is 8.98 Å². The van der Waals surface area contributed by atoms with Gasteiger partial charge in [-0.25, -0.2) is 0 Å². The molecule has 4 aromatic rings. The zero-order chi connectivity index (χ0) is 15.1. The average molecular weight is 289 g/mol. The van der Waals surface area contributed by atoms with Gasteiger partial charge >= 0.3 is 0 Å². The van der Waals surface area contributed by atoms with Gasteiger partial charge in [0.05, 0.1) is 12.1 Å². The second-order valence-corrected chi connectivity index (χ2v) is 5.47. The smallest absolute Gasteiger partial charge is 0.259 e. The first-order valence-electron chi connectivity index (χ1n) is 7.29. The number of pyridine rings is 1. The van der Waals surface area contributed by atoms with Crippen LogP contribution in [0.1, 0.15) is 11.5 Å². The lowest BCUT2D eigenvalue weighted by Gasteiger charge is -2.12. The van der Waals surface area contributed by atoms with Gasteiger partial charge in [-0.3, -0.25) is 4.79 Å². The molecule has 108 valence electrons. The van der Waals surface area contributed by atoms with Crippen LogP contribution < -0.4 is 5.56 Å². The largest absolute Gasteiger partial charge is 0.464 e. The summed E-state index contributed by atoms with van der Waals surface area (Å²) in [5, 5.41) is 2.82. The molecule has 0 fully saturated rings. The molecular weight excluding hydrogens is 274 g/mol. The van der Waals surface area contributed by atoms with Gasteiger partial charge in [-0.15, -0.1) is 0 Å². The zero-order valence-electron chi connectivity index (χ0n) is 12.2. The van der Waals surface area contributed by atoms with E-state index < -0.39 is 0 Å². The van der Waals surface area contributed by atoms with Crippen molar-refractivity contribution in [1.82, 2.24) is 4.57 Å². The summed E-state index contributed by atoms with van der Waals surface area (Å²) in [6.45, 7) is 2.35. The van der Waals surface area contributed by atoms with Crippen molar-refractivity contribution >= 4 is 21.7 Å². The third-order valence-electron chi connectivity index (χ3n) is 4.00. The minimum Gasteiger partial charge on any atom is -0.464 e. The van der Waals surface area contributed by atoms with E-state index in [1.807, 2.05) is 61.5 Å². The van der Waals surface area contributed by atoms with Crippen molar-refractivity contribution in [3.05, 3.63) is 82.5 Å². The first-order valence-corrected chi connectivity index (χ1v) is 7.29. The lowest BCUT2D eigenvalue weighted by molar-refractivity contribution is 0.470. The molecule has 2 aromatic heterocycles. The van der Waals surface area contributed by atoms with Crippen LogP contribution in [0.4, 0.5) is 0 Å². The molecule has 0 atom stereocenters. The molecular formula is C19H15NO2. The minimum atomic E-state index is 0.0170. The summed E-state index contributed by atoms with van der Waals surface area (Å²) in [7, 11) is 0. The second-order valence-electron chi connectivity index (χ2n) is 5.47. The Kier molecular flexibility index (Phi) is 2.86. The fourth-order valence-electron chi connectivity index (χ4n) is 2.98. The van der Waals surface area contributed by atoms with E-state index in [4.69, 9.17) is 4.42 Å². The second kappa shape index (κ2) is 4.88. The van der Waals surface area contributed by atoms with Gasteiger partial charge in [0.2, 0.25) is 0 Å². The Balaban J connectivity index is 2.07. The molecule has 22 heavy (non-hydrogen) atoms. The monoisotopic (exact) mass is 289 g/mol. The first kappa shape index (κ1) is 12.9. The maximum Gasteiger partial charge on any atom is 0.259 e. The predicted molar refractivity (Wildman–Crippen MR) is 88.3 cm³/mol.